The molecule has 3 N–H and O–H groups in total. The third-order valence-corrected chi connectivity index (χ3v) is 5.69. The Kier molecular flexibility index (Phi) is 6.90. The van der Waals surface area contributed by atoms with Gasteiger partial charge in [-0.25, -0.2) is 17.2 Å². The molecular formula is C16H22F2N4O3S. The van der Waals surface area contributed by atoms with Gasteiger partial charge in [0, 0.05) is 38.2 Å². The van der Waals surface area contributed by atoms with Gasteiger partial charge >= 0.3 is 0 Å². The van der Waals surface area contributed by atoms with Crippen molar-refractivity contribution in [2.75, 3.05) is 25.1 Å². The zero-order valence-corrected chi connectivity index (χ0v) is 15.2. The van der Waals surface area contributed by atoms with Gasteiger partial charge in [-0.15, -0.1) is 0 Å². The highest BCUT2D eigenvalue weighted by atomic mass is 32.2. The Morgan fingerprint density at radius 3 is 2.73 bits per heavy atom. The standard InChI is InChI=1S/C16H22F2N4O3S/c1-19-16(21-9-11-8-12(17)2-3-14(11)18)20-6-4-15(23)22-13-5-7-26(24,25)10-13/h2-3,8,13H,4-7,9-10H2,1H3,(H,22,23)(H2,19,20,21). The van der Waals surface area contributed by atoms with E-state index in [2.05, 4.69) is 20.9 Å². The number of guanidine groups is 1. The molecule has 0 bridgehead atoms. The van der Waals surface area contributed by atoms with Crippen LogP contribution in [-0.2, 0) is 21.2 Å². The lowest BCUT2D eigenvalue weighted by Gasteiger charge is -2.14. The number of amides is 1. The predicted molar refractivity (Wildman–Crippen MR) is 94.4 cm³/mol. The number of hydrogen-bond donors (Lipinski definition) is 3. The van der Waals surface area contributed by atoms with Crippen LogP contribution in [0.5, 0.6) is 0 Å². The van der Waals surface area contributed by atoms with Gasteiger partial charge in [-0.05, 0) is 24.6 Å². The smallest absolute Gasteiger partial charge is 0.222 e. The van der Waals surface area contributed by atoms with E-state index in [0.717, 1.165) is 18.2 Å². The highest BCUT2D eigenvalue weighted by Gasteiger charge is 2.28. The molecule has 1 aromatic carbocycles. The first kappa shape index (κ1) is 20.1. The second kappa shape index (κ2) is 8.93. The SMILES string of the molecule is CN=C(NCCC(=O)NC1CCS(=O)(=O)C1)NCc1cc(F)ccc1F. The first-order valence-corrected chi connectivity index (χ1v) is 9.99. The van der Waals surface area contributed by atoms with Crippen LogP contribution in [0.3, 0.4) is 0 Å². The minimum Gasteiger partial charge on any atom is -0.356 e. The second-order valence-electron chi connectivity index (χ2n) is 6.01. The molecule has 1 fully saturated rings. The maximum absolute atomic E-state index is 13.6. The van der Waals surface area contributed by atoms with Crippen LogP contribution in [-0.4, -0.2) is 51.4 Å². The van der Waals surface area contributed by atoms with E-state index < -0.39 is 21.5 Å². The van der Waals surface area contributed by atoms with Crippen molar-refractivity contribution in [2.45, 2.75) is 25.4 Å². The van der Waals surface area contributed by atoms with Crippen LogP contribution in [0.1, 0.15) is 18.4 Å². The topological polar surface area (TPSA) is 99.7 Å². The van der Waals surface area contributed by atoms with Crippen LogP contribution < -0.4 is 16.0 Å². The summed E-state index contributed by atoms with van der Waals surface area (Å²) in [5.41, 5.74) is 0.160. The van der Waals surface area contributed by atoms with Crippen molar-refractivity contribution in [1.29, 1.82) is 0 Å². The van der Waals surface area contributed by atoms with Crippen LogP contribution in [0.25, 0.3) is 0 Å². The lowest BCUT2D eigenvalue weighted by molar-refractivity contribution is -0.121. The number of nitrogens with one attached hydrogen (secondary N) is 3. The largest absolute Gasteiger partial charge is 0.356 e. The summed E-state index contributed by atoms with van der Waals surface area (Å²) in [6.45, 7) is 0.298. The minimum atomic E-state index is -3.04. The van der Waals surface area contributed by atoms with Crippen LogP contribution in [0.4, 0.5) is 8.78 Å². The number of sulfone groups is 1. The van der Waals surface area contributed by atoms with Crippen molar-refractivity contribution in [2.24, 2.45) is 4.99 Å². The number of carbonyl (C=O) groups excluding carboxylic acids is 1. The van der Waals surface area contributed by atoms with E-state index >= 15 is 0 Å². The van der Waals surface area contributed by atoms with Crippen LogP contribution in [0.2, 0.25) is 0 Å². The van der Waals surface area contributed by atoms with E-state index in [1.807, 2.05) is 0 Å². The summed E-state index contributed by atoms with van der Waals surface area (Å²) in [6, 6.07) is 2.86. The lowest BCUT2D eigenvalue weighted by atomic mass is 10.2. The number of rotatable bonds is 6. The summed E-state index contributed by atoms with van der Waals surface area (Å²) in [4.78, 5) is 15.8. The summed E-state index contributed by atoms with van der Waals surface area (Å²) in [5.74, 6) is -0.897. The van der Waals surface area contributed by atoms with E-state index in [-0.39, 0.29) is 48.5 Å². The molecule has 1 amide bonds. The molecule has 1 aliphatic rings. The van der Waals surface area contributed by atoms with Gasteiger partial charge in [0.15, 0.2) is 15.8 Å². The molecule has 7 nitrogen and oxygen atoms in total. The molecule has 1 atom stereocenters. The molecule has 144 valence electrons. The van der Waals surface area contributed by atoms with Crippen molar-refractivity contribution < 1.29 is 22.0 Å². The zero-order chi connectivity index (χ0) is 19.2. The Labute approximate surface area is 151 Å². The number of hydrogen-bond acceptors (Lipinski definition) is 4. The fourth-order valence-electron chi connectivity index (χ4n) is 2.58. The molecule has 0 aliphatic carbocycles. The third kappa shape index (κ3) is 6.25. The first-order chi connectivity index (χ1) is 12.3. The molecule has 1 saturated heterocycles. The van der Waals surface area contributed by atoms with Gasteiger partial charge in [0.1, 0.15) is 11.6 Å². The van der Waals surface area contributed by atoms with Gasteiger partial charge in [-0.1, -0.05) is 0 Å². The van der Waals surface area contributed by atoms with E-state index in [9.17, 15) is 22.0 Å². The second-order valence-corrected chi connectivity index (χ2v) is 8.23. The van der Waals surface area contributed by atoms with E-state index in [0.29, 0.717) is 12.4 Å². The third-order valence-electron chi connectivity index (χ3n) is 3.92. The number of nitrogens with zero attached hydrogens (tertiary/aromatic N) is 1. The molecule has 0 aromatic heterocycles. The number of carbonyl (C=O) groups is 1. The van der Waals surface area contributed by atoms with Gasteiger partial charge in [-0.3, -0.25) is 9.79 Å². The lowest BCUT2D eigenvalue weighted by Crippen LogP contribution is -2.41. The highest BCUT2D eigenvalue weighted by Crippen LogP contribution is 2.11. The molecule has 2 rings (SSSR count). The maximum atomic E-state index is 13.6. The Morgan fingerprint density at radius 1 is 1.31 bits per heavy atom. The minimum absolute atomic E-state index is 0.0193. The summed E-state index contributed by atoms with van der Waals surface area (Å²) in [7, 11) is -1.52. The Morgan fingerprint density at radius 2 is 2.08 bits per heavy atom. The maximum Gasteiger partial charge on any atom is 0.222 e. The predicted octanol–water partition coefficient (Wildman–Crippen LogP) is 0.323. The first-order valence-electron chi connectivity index (χ1n) is 8.17. The van der Waals surface area contributed by atoms with Crippen LogP contribution in [0.15, 0.2) is 23.2 Å². The van der Waals surface area contributed by atoms with Crippen molar-refractivity contribution >= 4 is 21.7 Å². The van der Waals surface area contributed by atoms with E-state index in [1.165, 1.54) is 7.05 Å². The van der Waals surface area contributed by atoms with Crippen LogP contribution >= 0.6 is 0 Å². The van der Waals surface area contributed by atoms with Gasteiger partial charge in [-0.2, -0.15) is 0 Å². The molecule has 0 saturated carbocycles. The Hall–Kier alpha value is -2.23. The molecule has 1 heterocycles. The van der Waals surface area contributed by atoms with E-state index in [1.54, 1.807) is 0 Å². The molecule has 1 unspecified atom stereocenters. The Bertz CT molecular complexity index is 784. The summed E-state index contributed by atoms with van der Waals surface area (Å²) in [6.07, 6.45) is 0.565. The van der Waals surface area contributed by atoms with E-state index in [4.69, 9.17) is 0 Å². The number of aliphatic imine (C=N–C) groups is 1. The average molecular weight is 388 g/mol. The summed E-state index contributed by atoms with van der Waals surface area (Å²) in [5, 5.41) is 8.41. The van der Waals surface area contributed by atoms with Crippen LogP contribution in [0, 0.1) is 11.6 Å². The summed E-state index contributed by atoms with van der Waals surface area (Å²) < 4.78 is 49.4. The van der Waals surface area contributed by atoms with Gasteiger partial charge in [0.05, 0.1) is 11.5 Å². The number of halogens is 2. The molecular weight excluding hydrogens is 366 g/mol. The highest BCUT2D eigenvalue weighted by molar-refractivity contribution is 7.91. The zero-order valence-electron chi connectivity index (χ0n) is 14.4. The fourth-order valence-corrected chi connectivity index (χ4v) is 4.25. The molecule has 1 aliphatic heterocycles. The Balaban J connectivity index is 1.71. The molecule has 0 radical (unpaired) electrons. The van der Waals surface area contributed by atoms with Crippen molar-refractivity contribution in [3.63, 3.8) is 0 Å². The summed E-state index contributed by atoms with van der Waals surface area (Å²) >= 11 is 0. The van der Waals surface area contributed by atoms with Gasteiger partial charge in [0.2, 0.25) is 5.91 Å². The quantitative estimate of drug-likeness (QED) is 0.482. The average Bonchev–Trinajstić information content (AvgIpc) is 2.92. The molecule has 10 heteroatoms. The van der Waals surface area contributed by atoms with Gasteiger partial charge in [0.25, 0.3) is 0 Å². The van der Waals surface area contributed by atoms with Crippen molar-refractivity contribution in [3.8, 4) is 0 Å². The normalized spacial score (nSPS) is 19.2. The molecule has 1 aromatic rings. The molecule has 0 spiro atoms. The number of benzene rings is 1. The fraction of sp³-hybridized carbons (Fsp3) is 0.500. The van der Waals surface area contributed by atoms with Crippen molar-refractivity contribution in [3.05, 3.63) is 35.4 Å². The van der Waals surface area contributed by atoms with Crippen molar-refractivity contribution in [1.82, 2.24) is 16.0 Å². The molecule has 26 heavy (non-hydrogen) atoms. The van der Waals surface area contributed by atoms with Gasteiger partial charge < -0.3 is 16.0 Å². The monoisotopic (exact) mass is 388 g/mol.